The number of thiophene rings is 1. The highest BCUT2D eigenvalue weighted by Gasteiger charge is 2.14. The van der Waals surface area contributed by atoms with Crippen molar-refractivity contribution in [3.63, 3.8) is 0 Å². The van der Waals surface area contributed by atoms with Gasteiger partial charge in [0.05, 0.1) is 0 Å². The van der Waals surface area contributed by atoms with Crippen molar-refractivity contribution < 1.29 is 0 Å². The van der Waals surface area contributed by atoms with Crippen molar-refractivity contribution in [3.05, 3.63) is 20.8 Å². The van der Waals surface area contributed by atoms with Gasteiger partial charge in [0.25, 0.3) is 0 Å². The molecule has 0 bridgehead atoms. The maximum absolute atomic E-state index is 6.25. The molecule has 3 heteroatoms. The predicted octanol–water partition coefficient (Wildman–Crippen LogP) is 5.12. The van der Waals surface area contributed by atoms with Crippen LogP contribution in [0.2, 0.25) is 0 Å². The Hall–Kier alpha value is 0.140. The number of hydrogen-bond donors (Lipinski definition) is 1. The van der Waals surface area contributed by atoms with Crippen LogP contribution in [0.15, 0.2) is 15.9 Å². The van der Waals surface area contributed by atoms with Gasteiger partial charge in [-0.15, -0.1) is 11.3 Å². The molecule has 2 N–H and O–H groups in total. The highest BCUT2D eigenvalue weighted by Crippen LogP contribution is 2.30. The zero-order valence-corrected chi connectivity index (χ0v) is 12.6. The molecule has 0 saturated heterocycles. The van der Waals surface area contributed by atoms with E-state index >= 15 is 0 Å². The molecule has 2 unspecified atom stereocenters. The lowest BCUT2D eigenvalue weighted by molar-refractivity contribution is 0.390. The summed E-state index contributed by atoms with van der Waals surface area (Å²) in [6, 6.07) is 2.38. The summed E-state index contributed by atoms with van der Waals surface area (Å²) in [6.07, 6.45) is 6.33. The quantitative estimate of drug-likeness (QED) is 0.743. The summed E-state index contributed by atoms with van der Waals surface area (Å²) in [4.78, 5) is 1.31. The average Bonchev–Trinajstić information content (AvgIpc) is 2.70. The fourth-order valence-corrected chi connectivity index (χ4v) is 3.44. The van der Waals surface area contributed by atoms with Gasteiger partial charge in [0.1, 0.15) is 0 Å². The Morgan fingerprint density at radius 1 is 1.44 bits per heavy atom. The lowest BCUT2D eigenvalue weighted by Gasteiger charge is -2.18. The third-order valence-electron chi connectivity index (χ3n) is 3.08. The van der Waals surface area contributed by atoms with E-state index in [2.05, 4.69) is 41.2 Å². The van der Waals surface area contributed by atoms with Crippen molar-refractivity contribution in [3.8, 4) is 0 Å². The minimum Gasteiger partial charge on any atom is -0.323 e. The fraction of sp³-hybridized carbons (Fsp3) is 0.692. The van der Waals surface area contributed by atoms with E-state index in [1.54, 1.807) is 11.3 Å². The van der Waals surface area contributed by atoms with Crippen LogP contribution in [0.1, 0.15) is 56.9 Å². The highest BCUT2D eigenvalue weighted by molar-refractivity contribution is 9.10. The van der Waals surface area contributed by atoms with Gasteiger partial charge in [0, 0.05) is 20.8 Å². The van der Waals surface area contributed by atoms with Crippen LogP contribution in [-0.4, -0.2) is 0 Å². The second kappa shape index (κ2) is 7.46. The zero-order chi connectivity index (χ0) is 12.0. The van der Waals surface area contributed by atoms with Crippen LogP contribution < -0.4 is 5.73 Å². The molecule has 0 aliphatic carbocycles. The molecule has 1 aromatic rings. The van der Waals surface area contributed by atoms with Gasteiger partial charge >= 0.3 is 0 Å². The highest BCUT2D eigenvalue weighted by atomic mass is 79.9. The van der Waals surface area contributed by atoms with Gasteiger partial charge in [-0.3, -0.25) is 0 Å². The maximum Gasteiger partial charge on any atom is 0.0392 e. The number of rotatable bonds is 7. The predicted molar refractivity (Wildman–Crippen MR) is 76.9 cm³/mol. The van der Waals surface area contributed by atoms with Crippen molar-refractivity contribution in [1.29, 1.82) is 0 Å². The summed E-state index contributed by atoms with van der Waals surface area (Å²) < 4.78 is 1.16. The largest absolute Gasteiger partial charge is 0.323 e. The second-order valence-corrected chi connectivity index (χ2v) is 6.28. The summed E-state index contributed by atoms with van der Waals surface area (Å²) in [6.45, 7) is 4.53. The lowest BCUT2D eigenvalue weighted by atomic mass is 9.92. The number of halogens is 1. The molecule has 0 spiro atoms. The molecule has 0 radical (unpaired) electrons. The Balaban J connectivity index is 2.45. The van der Waals surface area contributed by atoms with Crippen molar-refractivity contribution >= 4 is 27.3 Å². The summed E-state index contributed by atoms with van der Waals surface area (Å²) in [5.74, 6) is 0.788. The first kappa shape index (κ1) is 14.2. The third kappa shape index (κ3) is 4.56. The van der Waals surface area contributed by atoms with E-state index in [-0.39, 0.29) is 6.04 Å². The maximum atomic E-state index is 6.25. The Labute approximate surface area is 112 Å². The molecule has 0 aliphatic rings. The Morgan fingerprint density at radius 2 is 2.19 bits per heavy atom. The average molecular weight is 304 g/mol. The Kier molecular flexibility index (Phi) is 6.62. The van der Waals surface area contributed by atoms with Crippen LogP contribution in [0.25, 0.3) is 0 Å². The third-order valence-corrected chi connectivity index (χ3v) is 4.91. The van der Waals surface area contributed by atoms with Crippen LogP contribution in [0.3, 0.4) is 0 Å². The van der Waals surface area contributed by atoms with Crippen LogP contribution in [-0.2, 0) is 0 Å². The normalized spacial score (nSPS) is 15.0. The molecule has 0 saturated carbocycles. The molecule has 92 valence electrons. The molecule has 1 heterocycles. The van der Waals surface area contributed by atoms with Crippen LogP contribution in [0.5, 0.6) is 0 Å². The van der Waals surface area contributed by atoms with Gasteiger partial charge in [0.2, 0.25) is 0 Å². The summed E-state index contributed by atoms with van der Waals surface area (Å²) in [5, 5.41) is 2.11. The summed E-state index contributed by atoms with van der Waals surface area (Å²) in [5.41, 5.74) is 6.25. The van der Waals surface area contributed by atoms with Gasteiger partial charge in [-0.1, -0.05) is 39.5 Å². The molecule has 1 rings (SSSR count). The first-order valence-electron chi connectivity index (χ1n) is 6.16. The minimum atomic E-state index is 0.220. The van der Waals surface area contributed by atoms with Gasteiger partial charge in [-0.25, -0.2) is 0 Å². The number of unbranched alkanes of at least 4 members (excludes halogenated alkanes) is 1. The SMILES string of the molecule is CCCCC(CC)CC(N)c1cc(Br)cs1. The molecule has 1 nitrogen and oxygen atoms in total. The Morgan fingerprint density at radius 3 is 2.69 bits per heavy atom. The summed E-state index contributed by atoms with van der Waals surface area (Å²) in [7, 11) is 0. The Bertz CT molecular complexity index is 298. The first-order chi connectivity index (χ1) is 7.67. The molecular weight excluding hydrogens is 282 g/mol. The van der Waals surface area contributed by atoms with E-state index in [9.17, 15) is 0 Å². The van der Waals surface area contributed by atoms with E-state index in [0.717, 1.165) is 16.8 Å². The van der Waals surface area contributed by atoms with E-state index in [4.69, 9.17) is 5.73 Å². The molecule has 16 heavy (non-hydrogen) atoms. The molecule has 0 aromatic carbocycles. The standard InChI is InChI=1S/C13H22BrNS/c1-3-5-6-10(4-2)7-12(15)13-8-11(14)9-16-13/h8-10,12H,3-7,15H2,1-2H3. The molecular formula is C13H22BrNS. The smallest absolute Gasteiger partial charge is 0.0392 e. The number of nitrogens with two attached hydrogens (primary N) is 1. The van der Waals surface area contributed by atoms with Crippen molar-refractivity contribution in [2.24, 2.45) is 11.7 Å². The minimum absolute atomic E-state index is 0.220. The molecule has 1 aromatic heterocycles. The fourth-order valence-electron chi connectivity index (χ4n) is 1.98. The topological polar surface area (TPSA) is 26.0 Å². The van der Waals surface area contributed by atoms with Crippen molar-refractivity contribution in [2.45, 2.75) is 52.0 Å². The van der Waals surface area contributed by atoms with Gasteiger partial charge in [-0.05, 0) is 34.3 Å². The summed E-state index contributed by atoms with van der Waals surface area (Å²) >= 11 is 5.24. The lowest BCUT2D eigenvalue weighted by Crippen LogP contribution is -2.14. The first-order valence-corrected chi connectivity index (χ1v) is 7.84. The molecule has 0 aliphatic heterocycles. The second-order valence-electron chi connectivity index (χ2n) is 4.43. The van der Waals surface area contributed by atoms with Gasteiger partial charge in [-0.2, -0.15) is 0 Å². The molecule has 0 amide bonds. The van der Waals surface area contributed by atoms with Crippen LogP contribution in [0, 0.1) is 5.92 Å². The van der Waals surface area contributed by atoms with Crippen molar-refractivity contribution in [1.82, 2.24) is 0 Å². The molecule has 0 fully saturated rings. The van der Waals surface area contributed by atoms with Gasteiger partial charge < -0.3 is 5.73 Å². The van der Waals surface area contributed by atoms with E-state index in [1.807, 2.05) is 0 Å². The monoisotopic (exact) mass is 303 g/mol. The van der Waals surface area contributed by atoms with E-state index < -0.39 is 0 Å². The van der Waals surface area contributed by atoms with E-state index in [1.165, 1.54) is 30.6 Å². The van der Waals surface area contributed by atoms with Crippen LogP contribution in [0.4, 0.5) is 0 Å². The van der Waals surface area contributed by atoms with E-state index in [0.29, 0.717) is 0 Å². The van der Waals surface area contributed by atoms with Crippen molar-refractivity contribution in [2.75, 3.05) is 0 Å². The van der Waals surface area contributed by atoms with Crippen LogP contribution >= 0.6 is 27.3 Å². The molecule has 2 atom stereocenters. The number of hydrogen-bond acceptors (Lipinski definition) is 2. The zero-order valence-electron chi connectivity index (χ0n) is 10.2. The van der Waals surface area contributed by atoms with Gasteiger partial charge in [0.15, 0.2) is 0 Å².